The Morgan fingerprint density at radius 3 is 2.53 bits per heavy atom. The molecular weight excluding hydrogens is 384 g/mol. The first-order valence-corrected chi connectivity index (χ1v) is 9.90. The van der Waals surface area contributed by atoms with Crippen molar-refractivity contribution >= 4 is 22.9 Å². The topological polar surface area (TPSA) is 95.2 Å². The normalized spacial score (nSPS) is 10.9. The van der Waals surface area contributed by atoms with Crippen LogP contribution in [0.3, 0.4) is 0 Å². The van der Waals surface area contributed by atoms with E-state index in [0.717, 1.165) is 28.0 Å². The molecule has 1 aromatic carbocycles. The van der Waals surface area contributed by atoms with Crippen LogP contribution in [0.5, 0.6) is 0 Å². The van der Waals surface area contributed by atoms with Crippen LogP contribution < -0.4 is 10.9 Å². The van der Waals surface area contributed by atoms with Crippen molar-refractivity contribution in [2.24, 2.45) is 7.05 Å². The summed E-state index contributed by atoms with van der Waals surface area (Å²) in [6.45, 7) is 5.59. The van der Waals surface area contributed by atoms with Crippen molar-refractivity contribution in [3.63, 3.8) is 0 Å². The van der Waals surface area contributed by atoms with Crippen LogP contribution in [0, 0.1) is 13.8 Å². The third-order valence-corrected chi connectivity index (χ3v) is 5.08. The number of hydrogen-bond acceptors (Lipinski definition) is 5. The highest BCUT2D eigenvalue weighted by Gasteiger charge is 2.20. The van der Waals surface area contributed by atoms with Crippen molar-refractivity contribution < 1.29 is 14.3 Å². The van der Waals surface area contributed by atoms with Crippen molar-refractivity contribution in [2.75, 3.05) is 13.2 Å². The average molecular weight is 410 g/mol. The third kappa shape index (κ3) is 4.12. The van der Waals surface area contributed by atoms with E-state index < -0.39 is 5.97 Å². The molecule has 0 bridgehead atoms. The molecule has 1 amide bonds. The summed E-state index contributed by atoms with van der Waals surface area (Å²) < 4.78 is 8.15. The number of pyridine rings is 1. The molecule has 2 aromatic heterocycles. The summed E-state index contributed by atoms with van der Waals surface area (Å²) in [6, 6.07) is 9.65. The quantitative estimate of drug-likeness (QED) is 0.601. The molecule has 3 rings (SSSR count). The molecule has 158 valence electrons. The van der Waals surface area contributed by atoms with Gasteiger partial charge >= 0.3 is 5.97 Å². The number of carbonyl (C=O) groups is 2. The van der Waals surface area contributed by atoms with Crippen LogP contribution >= 0.6 is 0 Å². The molecule has 0 aliphatic heterocycles. The molecule has 0 aliphatic rings. The van der Waals surface area contributed by atoms with Gasteiger partial charge in [0.1, 0.15) is 12.2 Å². The molecule has 8 nitrogen and oxygen atoms in total. The van der Waals surface area contributed by atoms with Gasteiger partial charge in [0.25, 0.3) is 5.56 Å². The highest BCUT2D eigenvalue weighted by Crippen LogP contribution is 2.25. The van der Waals surface area contributed by atoms with Gasteiger partial charge in [-0.25, -0.2) is 4.68 Å². The number of rotatable bonds is 7. The number of nitrogens with zero attached hydrogens (tertiary/aromatic N) is 3. The lowest BCUT2D eigenvalue weighted by molar-refractivity contribution is -0.143. The lowest BCUT2D eigenvalue weighted by atomic mass is 10.0. The van der Waals surface area contributed by atoms with E-state index in [9.17, 15) is 14.4 Å². The van der Waals surface area contributed by atoms with Gasteiger partial charge in [-0.2, -0.15) is 5.10 Å². The number of hydrogen-bond donors (Lipinski definition) is 1. The van der Waals surface area contributed by atoms with E-state index in [1.54, 1.807) is 23.2 Å². The van der Waals surface area contributed by atoms with Crippen molar-refractivity contribution in [3.05, 3.63) is 57.5 Å². The van der Waals surface area contributed by atoms with Crippen molar-refractivity contribution in [1.82, 2.24) is 19.7 Å². The predicted molar refractivity (Wildman–Crippen MR) is 114 cm³/mol. The summed E-state index contributed by atoms with van der Waals surface area (Å²) in [5.74, 6) is -0.787. The predicted octanol–water partition coefficient (Wildman–Crippen LogP) is 1.95. The summed E-state index contributed by atoms with van der Waals surface area (Å²) >= 11 is 0. The number of nitrogens with one attached hydrogen (secondary N) is 1. The fourth-order valence-corrected chi connectivity index (χ4v) is 3.63. The number of benzene rings is 1. The number of aryl methyl sites for hydroxylation is 3. The van der Waals surface area contributed by atoms with Gasteiger partial charge in [-0.15, -0.1) is 0 Å². The van der Waals surface area contributed by atoms with Crippen LogP contribution in [0.4, 0.5) is 0 Å². The fraction of sp³-hybridized carbons (Fsp3) is 0.364. The maximum atomic E-state index is 13.1. The molecule has 3 aromatic rings. The molecule has 0 atom stereocenters. The van der Waals surface area contributed by atoms with E-state index >= 15 is 0 Å². The van der Waals surface area contributed by atoms with Crippen LogP contribution in [-0.2, 0) is 27.8 Å². The molecule has 0 saturated carbocycles. The average Bonchev–Trinajstić information content (AvgIpc) is 3.09. The van der Waals surface area contributed by atoms with Crippen LogP contribution in [-0.4, -0.2) is 39.4 Å². The second-order valence-corrected chi connectivity index (χ2v) is 7.08. The van der Waals surface area contributed by atoms with E-state index in [1.165, 1.54) is 0 Å². The second kappa shape index (κ2) is 8.94. The summed E-state index contributed by atoms with van der Waals surface area (Å²) in [4.78, 5) is 36.6. The Kier molecular flexibility index (Phi) is 6.34. The first kappa shape index (κ1) is 21.3. The highest BCUT2D eigenvalue weighted by atomic mass is 16.5. The number of esters is 1. The molecule has 0 unspecified atom stereocenters. The Morgan fingerprint density at radius 1 is 1.17 bits per heavy atom. The van der Waals surface area contributed by atoms with Gasteiger partial charge in [-0.05, 0) is 44.9 Å². The molecule has 0 aliphatic carbocycles. The standard InChI is InChI=1S/C22H26N4O4/c1-5-30-19(28)13-23-18(27)12-11-17-14(2)20-15(3)24-26(16-9-7-6-8-10-16)21(20)25(4)22(17)29/h6-10H,5,11-13H2,1-4H3,(H,23,27). The van der Waals surface area contributed by atoms with Gasteiger partial charge in [0.05, 0.1) is 18.0 Å². The summed E-state index contributed by atoms with van der Waals surface area (Å²) in [5.41, 5.74) is 3.65. The minimum atomic E-state index is -0.483. The Bertz CT molecular complexity index is 1150. The Hall–Kier alpha value is -3.42. The maximum Gasteiger partial charge on any atom is 0.325 e. The molecular formula is C22H26N4O4. The first-order chi connectivity index (χ1) is 14.3. The Labute approximate surface area is 174 Å². The molecule has 30 heavy (non-hydrogen) atoms. The van der Waals surface area contributed by atoms with Crippen LogP contribution in [0.2, 0.25) is 0 Å². The zero-order valence-corrected chi connectivity index (χ0v) is 17.7. The minimum Gasteiger partial charge on any atom is -0.465 e. The minimum absolute atomic E-state index is 0.104. The van der Waals surface area contributed by atoms with Crippen LogP contribution in [0.25, 0.3) is 16.7 Å². The van der Waals surface area contributed by atoms with Crippen molar-refractivity contribution in [2.45, 2.75) is 33.6 Å². The molecule has 0 fully saturated rings. The summed E-state index contributed by atoms with van der Waals surface area (Å²) in [6.07, 6.45) is 0.381. The number of fused-ring (bicyclic) bond motifs is 1. The van der Waals surface area contributed by atoms with Gasteiger partial charge < -0.3 is 10.1 Å². The van der Waals surface area contributed by atoms with E-state index in [1.807, 2.05) is 44.2 Å². The van der Waals surface area contributed by atoms with E-state index in [-0.39, 0.29) is 37.5 Å². The van der Waals surface area contributed by atoms with Gasteiger partial charge in [0, 0.05) is 24.4 Å². The monoisotopic (exact) mass is 410 g/mol. The molecule has 0 saturated heterocycles. The molecule has 0 radical (unpaired) electrons. The van der Waals surface area contributed by atoms with Crippen molar-refractivity contribution in [1.29, 1.82) is 0 Å². The molecule has 0 spiro atoms. The van der Waals surface area contributed by atoms with Gasteiger partial charge in [0.15, 0.2) is 0 Å². The largest absolute Gasteiger partial charge is 0.465 e. The van der Waals surface area contributed by atoms with Crippen LogP contribution in [0.15, 0.2) is 35.1 Å². The number of para-hydroxylation sites is 1. The molecule has 8 heteroatoms. The zero-order chi connectivity index (χ0) is 21.8. The Morgan fingerprint density at radius 2 is 1.87 bits per heavy atom. The third-order valence-electron chi connectivity index (χ3n) is 5.08. The fourth-order valence-electron chi connectivity index (χ4n) is 3.63. The summed E-state index contributed by atoms with van der Waals surface area (Å²) in [7, 11) is 1.72. The number of aromatic nitrogens is 3. The van der Waals surface area contributed by atoms with Crippen LogP contribution in [0.1, 0.15) is 30.2 Å². The lowest BCUT2D eigenvalue weighted by Crippen LogP contribution is -2.31. The van der Waals surface area contributed by atoms with Gasteiger partial charge in [0.2, 0.25) is 5.91 Å². The molecule has 1 N–H and O–H groups in total. The lowest BCUT2D eigenvalue weighted by Gasteiger charge is -2.12. The van der Waals surface area contributed by atoms with E-state index in [0.29, 0.717) is 5.56 Å². The second-order valence-electron chi connectivity index (χ2n) is 7.08. The smallest absolute Gasteiger partial charge is 0.325 e. The van der Waals surface area contributed by atoms with E-state index in [4.69, 9.17) is 4.74 Å². The molecule has 2 heterocycles. The highest BCUT2D eigenvalue weighted by molar-refractivity contribution is 5.85. The summed E-state index contributed by atoms with van der Waals surface area (Å²) in [5, 5.41) is 8.08. The number of ether oxygens (including phenoxy) is 1. The zero-order valence-electron chi connectivity index (χ0n) is 17.7. The van der Waals surface area contributed by atoms with Gasteiger partial charge in [-0.3, -0.25) is 19.0 Å². The van der Waals surface area contributed by atoms with Crippen molar-refractivity contribution in [3.8, 4) is 5.69 Å². The maximum absolute atomic E-state index is 13.1. The number of amides is 1. The van der Waals surface area contributed by atoms with Gasteiger partial charge in [-0.1, -0.05) is 18.2 Å². The number of carbonyl (C=O) groups excluding carboxylic acids is 2. The first-order valence-electron chi connectivity index (χ1n) is 9.90. The SMILES string of the molecule is CCOC(=O)CNC(=O)CCc1c(C)c2c(C)nn(-c3ccccc3)c2n(C)c1=O. The Balaban J connectivity index is 1.91. The van der Waals surface area contributed by atoms with E-state index in [2.05, 4.69) is 10.4 Å².